The van der Waals surface area contributed by atoms with E-state index in [9.17, 15) is 12.8 Å². The Morgan fingerprint density at radius 1 is 1.44 bits per heavy atom. The van der Waals surface area contributed by atoms with Crippen molar-refractivity contribution in [3.8, 4) is 0 Å². The second-order valence-corrected chi connectivity index (χ2v) is 6.72. The first-order chi connectivity index (χ1) is 8.43. The molecular formula is C11H14BrClFNO2S. The number of alkyl halides is 1. The van der Waals surface area contributed by atoms with E-state index < -0.39 is 15.8 Å². The Morgan fingerprint density at radius 3 is 2.67 bits per heavy atom. The van der Waals surface area contributed by atoms with Gasteiger partial charge in [0.15, 0.2) is 0 Å². The van der Waals surface area contributed by atoms with E-state index in [0.29, 0.717) is 24.8 Å². The van der Waals surface area contributed by atoms with Crippen molar-refractivity contribution >= 4 is 37.6 Å². The molecule has 0 atom stereocenters. The Labute approximate surface area is 120 Å². The molecule has 0 N–H and O–H groups in total. The highest BCUT2D eigenvalue weighted by molar-refractivity contribution is 9.09. The summed E-state index contributed by atoms with van der Waals surface area (Å²) in [7, 11) is -3.74. The van der Waals surface area contributed by atoms with Crippen LogP contribution in [0.3, 0.4) is 0 Å². The number of hydrogen-bond donors (Lipinski definition) is 0. The van der Waals surface area contributed by atoms with Gasteiger partial charge in [0.2, 0.25) is 10.0 Å². The van der Waals surface area contributed by atoms with E-state index in [1.807, 2.05) is 0 Å². The van der Waals surface area contributed by atoms with E-state index in [1.165, 1.54) is 10.4 Å². The van der Waals surface area contributed by atoms with Crippen molar-refractivity contribution in [2.24, 2.45) is 0 Å². The van der Waals surface area contributed by atoms with Crippen LogP contribution in [0.15, 0.2) is 23.1 Å². The molecule has 0 saturated carbocycles. The Hall–Kier alpha value is -0.170. The van der Waals surface area contributed by atoms with Crippen LogP contribution in [0.5, 0.6) is 0 Å². The van der Waals surface area contributed by atoms with Gasteiger partial charge in [-0.3, -0.25) is 0 Å². The molecule has 1 rings (SSSR count). The van der Waals surface area contributed by atoms with Gasteiger partial charge in [0.25, 0.3) is 0 Å². The molecule has 0 aliphatic rings. The summed E-state index contributed by atoms with van der Waals surface area (Å²) in [6.07, 6.45) is 0.681. The summed E-state index contributed by atoms with van der Waals surface area (Å²) >= 11 is 9.08. The van der Waals surface area contributed by atoms with E-state index in [4.69, 9.17) is 11.6 Å². The molecule has 0 aliphatic carbocycles. The standard InChI is InChI=1S/C11H14BrClFNO2S/c1-2-15(7-3-6-12)18(16,17)11-8-9(14)4-5-10(11)13/h4-5,8H,2-3,6-7H2,1H3. The molecule has 0 fully saturated rings. The quantitative estimate of drug-likeness (QED) is 0.732. The maximum Gasteiger partial charge on any atom is 0.244 e. The average Bonchev–Trinajstić information content (AvgIpc) is 2.33. The van der Waals surface area contributed by atoms with Crippen molar-refractivity contribution in [2.75, 3.05) is 18.4 Å². The molecule has 1 aromatic carbocycles. The number of nitrogens with zero attached hydrogens (tertiary/aromatic N) is 1. The third kappa shape index (κ3) is 3.66. The lowest BCUT2D eigenvalue weighted by Gasteiger charge is -2.20. The number of sulfonamides is 1. The molecule has 0 saturated heterocycles. The summed E-state index contributed by atoms with van der Waals surface area (Å²) in [5.41, 5.74) is 0. The zero-order valence-electron chi connectivity index (χ0n) is 9.87. The van der Waals surface area contributed by atoms with Gasteiger partial charge in [-0.25, -0.2) is 12.8 Å². The molecule has 18 heavy (non-hydrogen) atoms. The molecular weight excluding hydrogens is 345 g/mol. The minimum absolute atomic E-state index is 0.0358. The summed E-state index contributed by atoms with van der Waals surface area (Å²) in [5.74, 6) is -0.616. The molecule has 0 amide bonds. The number of halogens is 3. The van der Waals surface area contributed by atoms with Gasteiger partial charge in [-0.05, 0) is 24.6 Å². The van der Waals surface area contributed by atoms with Crippen molar-refractivity contribution in [1.29, 1.82) is 0 Å². The normalized spacial score (nSPS) is 12.1. The summed E-state index contributed by atoms with van der Waals surface area (Å²) in [4.78, 5) is -0.180. The van der Waals surface area contributed by atoms with Gasteiger partial charge >= 0.3 is 0 Å². The molecule has 102 valence electrons. The van der Waals surface area contributed by atoms with Gasteiger partial charge < -0.3 is 0 Å². The molecule has 0 aliphatic heterocycles. The maximum absolute atomic E-state index is 13.1. The first-order valence-electron chi connectivity index (χ1n) is 5.44. The highest BCUT2D eigenvalue weighted by Crippen LogP contribution is 2.25. The van der Waals surface area contributed by atoms with Crippen molar-refractivity contribution in [2.45, 2.75) is 18.2 Å². The second-order valence-electron chi connectivity index (χ2n) is 3.61. The highest BCUT2D eigenvalue weighted by atomic mass is 79.9. The predicted octanol–water partition coefficient (Wildman–Crippen LogP) is 3.27. The Morgan fingerprint density at radius 2 is 2.11 bits per heavy atom. The fourth-order valence-corrected chi connectivity index (χ4v) is 3.72. The minimum atomic E-state index is -3.74. The van der Waals surface area contributed by atoms with Crippen LogP contribution < -0.4 is 0 Å². The minimum Gasteiger partial charge on any atom is -0.207 e. The smallest absolute Gasteiger partial charge is 0.207 e. The van der Waals surface area contributed by atoms with E-state index in [1.54, 1.807) is 6.92 Å². The van der Waals surface area contributed by atoms with Gasteiger partial charge in [-0.2, -0.15) is 4.31 Å². The monoisotopic (exact) mass is 357 g/mol. The summed E-state index contributed by atoms with van der Waals surface area (Å²) in [6, 6.07) is 3.34. The van der Waals surface area contributed by atoms with Crippen LogP contribution in [-0.2, 0) is 10.0 Å². The molecule has 0 unspecified atom stereocenters. The third-order valence-electron chi connectivity index (χ3n) is 2.40. The van der Waals surface area contributed by atoms with Gasteiger partial charge in [0.1, 0.15) is 10.7 Å². The largest absolute Gasteiger partial charge is 0.244 e. The Bertz CT molecular complexity index is 510. The molecule has 7 heteroatoms. The van der Waals surface area contributed by atoms with Gasteiger partial charge in [-0.1, -0.05) is 34.5 Å². The topological polar surface area (TPSA) is 37.4 Å². The summed E-state index contributed by atoms with van der Waals surface area (Å²) in [5, 5.41) is 0.740. The van der Waals surface area contributed by atoms with Crippen LogP contribution in [0.1, 0.15) is 13.3 Å². The zero-order valence-corrected chi connectivity index (χ0v) is 13.0. The zero-order chi connectivity index (χ0) is 13.8. The van der Waals surface area contributed by atoms with Crippen LogP contribution in [0.2, 0.25) is 5.02 Å². The molecule has 0 radical (unpaired) electrons. The first kappa shape index (κ1) is 15.9. The van der Waals surface area contributed by atoms with Crippen molar-refractivity contribution in [1.82, 2.24) is 4.31 Å². The fraction of sp³-hybridized carbons (Fsp3) is 0.455. The number of hydrogen-bond acceptors (Lipinski definition) is 2. The van der Waals surface area contributed by atoms with Crippen LogP contribution >= 0.6 is 27.5 Å². The molecule has 0 bridgehead atoms. The molecule has 3 nitrogen and oxygen atoms in total. The van der Waals surface area contributed by atoms with Crippen molar-refractivity contribution in [3.05, 3.63) is 29.0 Å². The van der Waals surface area contributed by atoms with Crippen LogP contribution in [0.25, 0.3) is 0 Å². The molecule has 0 spiro atoms. The lowest BCUT2D eigenvalue weighted by molar-refractivity contribution is 0.428. The van der Waals surface area contributed by atoms with Crippen molar-refractivity contribution < 1.29 is 12.8 Å². The van der Waals surface area contributed by atoms with E-state index in [-0.39, 0.29) is 9.92 Å². The van der Waals surface area contributed by atoms with E-state index >= 15 is 0 Å². The number of rotatable bonds is 6. The van der Waals surface area contributed by atoms with Crippen molar-refractivity contribution in [3.63, 3.8) is 0 Å². The Kier molecular flexibility index (Phi) is 6.04. The average molecular weight is 359 g/mol. The molecule has 0 heterocycles. The van der Waals surface area contributed by atoms with E-state index in [2.05, 4.69) is 15.9 Å². The van der Waals surface area contributed by atoms with Gasteiger partial charge in [0.05, 0.1) is 5.02 Å². The summed E-state index contributed by atoms with van der Waals surface area (Å²) in [6.45, 7) is 2.43. The molecule has 1 aromatic rings. The van der Waals surface area contributed by atoms with Crippen LogP contribution in [-0.4, -0.2) is 31.1 Å². The Balaban J connectivity index is 3.14. The summed E-state index contributed by atoms with van der Waals surface area (Å²) < 4.78 is 39.0. The lowest BCUT2D eigenvalue weighted by atomic mass is 10.3. The fourth-order valence-electron chi connectivity index (χ4n) is 1.50. The third-order valence-corrected chi connectivity index (χ3v) is 5.42. The SMILES string of the molecule is CCN(CCCBr)S(=O)(=O)c1cc(F)ccc1Cl. The highest BCUT2D eigenvalue weighted by Gasteiger charge is 2.25. The van der Waals surface area contributed by atoms with Crippen LogP contribution in [0, 0.1) is 5.82 Å². The lowest BCUT2D eigenvalue weighted by Crippen LogP contribution is -2.32. The van der Waals surface area contributed by atoms with Gasteiger partial charge in [-0.15, -0.1) is 0 Å². The predicted molar refractivity (Wildman–Crippen MR) is 74.3 cm³/mol. The number of benzene rings is 1. The second kappa shape index (κ2) is 6.84. The molecule has 0 aromatic heterocycles. The van der Waals surface area contributed by atoms with Gasteiger partial charge in [0, 0.05) is 18.4 Å². The van der Waals surface area contributed by atoms with Crippen LogP contribution in [0.4, 0.5) is 4.39 Å². The maximum atomic E-state index is 13.1. The van der Waals surface area contributed by atoms with E-state index in [0.717, 1.165) is 12.1 Å². The first-order valence-corrected chi connectivity index (χ1v) is 8.38.